The largest absolute Gasteiger partial charge is 0.367 e. The predicted molar refractivity (Wildman–Crippen MR) is 145 cm³/mol. The van der Waals surface area contributed by atoms with E-state index in [1.54, 1.807) is 6.07 Å². The molecule has 4 fully saturated rings. The van der Waals surface area contributed by atoms with Gasteiger partial charge >= 0.3 is 0 Å². The number of carbonyl (C=O) groups is 1. The van der Waals surface area contributed by atoms with E-state index in [0.29, 0.717) is 74.7 Å². The van der Waals surface area contributed by atoms with Crippen molar-refractivity contribution in [1.82, 2.24) is 34.9 Å². The predicted octanol–water partition coefficient (Wildman–Crippen LogP) is 1.89. The number of fused-ring (bicyclic) bond motifs is 1. The fourth-order valence-electron chi connectivity index (χ4n) is 5.39. The third kappa shape index (κ3) is 4.74. The van der Waals surface area contributed by atoms with Crippen LogP contribution in [0.5, 0.6) is 0 Å². The van der Waals surface area contributed by atoms with Gasteiger partial charge < -0.3 is 15.1 Å². The molecule has 0 radical (unpaired) electrons. The van der Waals surface area contributed by atoms with Gasteiger partial charge in [-0.2, -0.15) is 15.1 Å². The van der Waals surface area contributed by atoms with E-state index in [-0.39, 0.29) is 27.8 Å². The van der Waals surface area contributed by atoms with Crippen LogP contribution in [0.3, 0.4) is 0 Å². The van der Waals surface area contributed by atoms with Crippen molar-refractivity contribution in [3.05, 3.63) is 22.8 Å². The van der Waals surface area contributed by atoms with E-state index in [1.165, 1.54) is 10.7 Å². The minimum absolute atomic E-state index is 0.00702. The van der Waals surface area contributed by atoms with Gasteiger partial charge in [0.1, 0.15) is 5.54 Å². The SMILES string of the molecule is N#CC1(NS(=O)(=O)c2cc(N3CCN(C(=O)C4CNC4)CC3)c3c(C4CC4)nn(-c4nnc(C(F)F)s4)c3c2)CC1. The molecule has 2 aliphatic carbocycles. The monoisotopic (exact) mass is 603 g/mol. The van der Waals surface area contributed by atoms with Crippen LogP contribution in [-0.4, -0.2) is 84.0 Å². The first-order valence-electron chi connectivity index (χ1n) is 13.6. The summed E-state index contributed by atoms with van der Waals surface area (Å²) in [5, 5.41) is 25.4. The smallest absolute Gasteiger partial charge is 0.291 e. The molecule has 1 aromatic carbocycles. The number of amides is 1. The topological polar surface area (TPSA) is 149 Å². The van der Waals surface area contributed by atoms with Crippen LogP contribution in [0.1, 0.15) is 48.7 Å². The van der Waals surface area contributed by atoms with Crippen LogP contribution in [-0.2, 0) is 14.8 Å². The highest BCUT2D eigenvalue weighted by Gasteiger charge is 2.47. The number of piperazine rings is 1. The van der Waals surface area contributed by atoms with Crippen molar-refractivity contribution in [2.24, 2.45) is 5.92 Å². The van der Waals surface area contributed by atoms with Crippen molar-refractivity contribution in [3.8, 4) is 11.2 Å². The minimum Gasteiger partial charge on any atom is -0.367 e. The van der Waals surface area contributed by atoms with Gasteiger partial charge in [-0.3, -0.25) is 4.79 Å². The maximum absolute atomic E-state index is 13.6. The lowest BCUT2D eigenvalue weighted by Crippen LogP contribution is -2.56. The molecule has 16 heteroatoms. The molecule has 2 saturated carbocycles. The molecule has 0 spiro atoms. The summed E-state index contributed by atoms with van der Waals surface area (Å²) >= 11 is 0.704. The number of sulfonamides is 1. The summed E-state index contributed by atoms with van der Waals surface area (Å²) in [5.74, 6) is 0.271. The first kappa shape index (κ1) is 26.6. The Hall–Kier alpha value is -3.26. The normalized spacial score (nSPS) is 20.8. The first-order chi connectivity index (χ1) is 19.7. The number of nitrogens with one attached hydrogen (secondary N) is 2. The number of hydrogen-bond donors (Lipinski definition) is 2. The highest BCUT2D eigenvalue weighted by atomic mass is 32.2. The molecule has 1 amide bonds. The second-order valence-corrected chi connectivity index (χ2v) is 13.8. The Labute approximate surface area is 238 Å². The summed E-state index contributed by atoms with van der Waals surface area (Å²) in [7, 11) is -4.12. The molecule has 0 atom stereocenters. The van der Waals surface area contributed by atoms with Crippen LogP contribution in [0.2, 0.25) is 0 Å². The molecule has 0 bridgehead atoms. The molecule has 41 heavy (non-hydrogen) atoms. The van der Waals surface area contributed by atoms with Crippen LogP contribution < -0.4 is 14.9 Å². The molecule has 2 aliphatic heterocycles. The van der Waals surface area contributed by atoms with E-state index in [1.807, 2.05) is 4.90 Å². The average molecular weight is 604 g/mol. The zero-order valence-electron chi connectivity index (χ0n) is 21.9. The third-order valence-electron chi connectivity index (χ3n) is 8.19. The number of anilines is 1. The summed E-state index contributed by atoms with van der Waals surface area (Å²) in [6, 6.07) is 5.14. The zero-order valence-corrected chi connectivity index (χ0v) is 23.5. The number of nitriles is 1. The quantitative estimate of drug-likeness (QED) is 0.394. The van der Waals surface area contributed by atoms with Gasteiger partial charge in [0.05, 0.1) is 28.1 Å². The van der Waals surface area contributed by atoms with Gasteiger partial charge in [-0.1, -0.05) is 11.3 Å². The van der Waals surface area contributed by atoms with Gasteiger partial charge in [0, 0.05) is 56.3 Å². The Morgan fingerprint density at radius 3 is 2.46 bits per heavy atom. The highest BCUT2D eigenvalue weighted by Crippen LogP contribution is 2.47. The van der Waals surface area contributed by atoms with Crippen molar-refractivity contribution in [2.45, 2.75) is 48.5 Å². The van der Waals surface area contributed by atoms with Gasteiger partial charge in [-0.15, -0.1) is 10.2 Å². The summed E-state index contributed by atoms with van der Waals surface area (Å²) in [6.07, 6.45) is -0.121. The number of hydrogen-bond acceptors (Lipinski definition) is 10. The molecule has 0 unspecified atom stereocenters. The number of benzene rings is 1. The van der Waals surface area contributed by atoms with Crippen molar-refractivity contribution >= 4 is 43.9 Å². The number of carbonyl (C=O) groups excluding carboxylic acids is 1. The zero-order chi connectivity index (χ0) is 28.5. The first-order valence-corrected chi connectivity index (χ1v) is 15.9. The van der Waals surface area contributed by atoms with Crippen molar-refractivity contribution < 1.29 is 22.0 Å². The van der Waals surface area contributed by atoms with Crippen molar-refractivity contribution in [2.75, 3.05) is 44.2 Å². The minimum atomic E-state index is -4.12. The van der Waals surface area contributed by atoms with Crippen LogP contribution >= 0.6 is 11.3 Å². The van der Waals surface area contributed by atoms with E-state index in [0.717, 1.165) is 23.9 Å². The number of rotatable bonds is 8. The van der Waals surface area contributed by atoms with E-state index in [4.69, 9.17) is 5.10 Å². The maximum Gasteiger partial charge on any atom is 0.291 e. The summed E-state index contributed by atoms with van der Waals surface area (Å²) in [6.45, 7) is 3.32. The molecule has 7 rings (SSSR count). The standard InChI is InChI=1S/C25H27F2N9O3S2/c26-21(27)22-30-31-24(40-22)36-18-10-16(41(38,39)33-25(13-28)3-4-25)9-17(19(18)20(32-36)14-1-2-14)34-5-7-35(8-6-34)23(37)15-11-29-12-15/h9-10,14-15,21,29,33H,1-8,11-12H2. The molecular formula is C25H27F2N9O3S2. The van der Waals surface area contributed by atoms with Crippen molar-refractivity contribution in [1.29, 1.82) is 5.26 Å². The van der Waals surface area contributed by atoms with Crippen LogP contribution in [0.4, 0.5) is 14.5 Å². The van der Waals surface area contributed by atoms with Gasteiger partial charge in [-0.05, 0) is 37.8 Å². The van der Waals surface area contributed by atoms with E-state index in [2.05, 4.69) is 31.2 Å². The Kier molecular flexibility index (Phi) is 6.27. The number of aromatic nitrogens is 4. The van der Waals surface area contributed by atoms with Crippen molar-refractivity contribution in [3.63, 3.8) is 0 Å². The molecule has 2 saturated heterocycles. The fraction of sp³-hybridized carbons (Fsp3) is 0.560. The van der Waals surface area contributed by atoms with E-state index < -0.39 is 27.0 Å². The molecule has 12 nitrogen and oxygen atoms in total. The molecule has 2 N–H and O–H groups in total. The summed E-state index contributed by atoms with van der Waals surface area (Å²) < 4.78 is 57.9. The molecule has 4 heterocycles. The lowest BCUT2D eigenvalue weighted by molar-refractivity contribution is -0.137. The maximum atomic E-state index is 13.6. The molecule has 2 aromatic heterocycles. The lowest BCUT2D eigenvalue weighted by atomic mass is 10.0. The lowest BCUT2D eigenvalue weighted by Gasteiger charge is -2.39. The Bertz CT molecular complexity index is 1680. The van der Waals surface area contributed by atoms with Gasteiger partial charge in [0.15, 0.2) is 5.01 Å². The fourth-order valence-corrected chi connectivity index (χ4v) is 7.47. The number of halogens is 2. The van der Waals surface area contributed by atoms with Gasteiger partial charge in [-0.25, -0.2) is 21.9 Å². The van der Waals surface area contributed by atoms with Crippen LogP contribution in [0.15, 0.2) is 17.0 Å². The number of alkyl halides is 2. The molecular weight excluding hydrogens is 576 g/mol. The van der Waals surface area contributed by atoms with Crippen LogP contribution in [0, 0.1) is 17.2 Å². The molecule has 3 aromatic rings. The van der Waals surface area contributed by atoms with E-state index in [9.17, 15) is 27.3 Å². The Morgan fingerprint density at radius 2 is 1.90 bits per heavy atom. The average Bonchev–Trinajstić information content (AvgIpc) is 3.83. The third-order valence-corrected chi connectivity index (χ3v) is 10.6. The molecule has 4 aliphatic rings. The number of nitrogens with zero attached hydrogens (tertiary/aromatic N) is 7. The van der Waals surface area contributed by atoms with E-state index >= 15 is 0 Å². The Morgan fingerprint density at radius 1 is 1.17 bits per heavy atom. The highest BCUT2D eigenvalue weighted by molar-refractivity contribution is 7.89. The summed E-state index contributed by atoms with van der Waals surface area (Å²) in [5.41, 5.74) is 0.702. The second kappa shape index (κ2) is 9.65. The summed E-state index contributed by atoms with van der Waals surface area (Å²) in [4.78, 5) is 16.7. The van der Waals surface area contributed by atoms with Crippen LogP contribution in [0.25, 0.3) is 16.0 Å². The second-order valence-electron chi connectivity index (χ2n) is 11.1. The Balaban J connectivity index is 1.33. The van der Waals surface area contributed by atoms with Gasteiger partial charge in [0.2, 0.25) is 21.1 Å². The molecule has 216 valence electrons. The van der Waals surface area contributed by atoms with Gasteiger partial charge in [0.25, 0.3) is 6.43 Å².